The molecule has 0 aliphatic rings. The summed E-state index contributed by atoms with van der Waals surface area (Å²) in [5.41, 5.74) is 4.27. The van der Waals surface area contributed by atoms with Gasteiger partial charge in [-0.2, -0.15) is 0 Å². The van der Waals surface area contributed by atoms with Crippen LogP contribution >= 0.6 is 15.9 Å². The topological polar surface area (TPSA) is 104 Å². The van der Waals surface area contributed by atoms with Crippen molar-refractivity contribution in [2.75, 3.05) is 11.9 Å². The molecule has 8 heteroatoms. The number of aliphatic hydroxyl groups excluding tert-OH is 1. The second-order valence-corrected chi connectivity index (χ2v) is 8.28. The van der Waals surface area contributed by atoms with E-state index in [0.29, 0.717) is 17.9 Å². The molecule has 3 N–H and O–H groups in total. The molecule has 1 unspecified atom stereocenters. The number of aryl methyl sites for hydroxylation is 2. The van der Waals surface area contributed by atoms with Crippen molar-refractivity contribution in [2.45, 2.75) is 45.6 Å². The molecule has 7 nitrogen and oxygen atoms in total. The molecule has 0 amide bonds. The van der Waals surface area contributed by atoms with Gasteiger partial charge in [-0.05, 0) is 77.9 Å². The van der Waals surface area contributed by atoms with Crippen LogP contribution in [0.5, 0.6) is 0 Å². The Morgan fingerprint density at radius 3 is 2.73 bits per heavy atom. The molecule has 0 bridgehead atoms. The van der Waals surface area contributed by atoms with Crippen LogP contribution in [0.25, 0.3) is 0 Å². The minimum absolute atomic E-state index is 0.176. The van der Waals surface area contributed by atoms with Gasteiger partial charge in [0.15, 0.2) is 0 Å². The second kappa shape index (κ2) is 10.4. The summed E-state index contributed by atoms with van der Waals surface area (Å²) in [6.45, 7) is 4.47. The molecule has 158 valence electrons. The number of hydrogen-bond donors (Lipinski definition) is 3. The highest BCUT2D eigenvalue weighted by atomic mass is 79.9. The van der Waals surface area contributed by atoms with Gasteiger partial charge in [-0.3, -0.25) is 19.7 Å². The number of unbranched alkanes of at least 4 members (excludes halogenated alkanes) is 1. The number of aromatic amines is 1. The van der Waals surface area contributed by atoms with Crippen LogP contribution in [0.15, 0.2) is 46.2 Å². The smallest absolute Gasteiger partial charge is 0.255 e. The summed E-state index contributed by atoms with van der Waals surface area (Å²) >= 11 is 3.43. The Labute approximate surface area is 184 Å². The van der Waals surface area contributed by atoms with Crippen molar-refractivity contribution in [2.24, 2.45) is 0 Å². The molecule has 0 saturated carbocycles. The maximum absolute atomic E-state index is 12.4. The van der Waals surface area contributed by atoms with Crippen LogP contribution in [0, 0.1) is 6.92 Å². The van der Waals surface area contributed by atoms with E-state index >= 15 is 0 Å². The fourth-order valence-electron chi connectivity index (χ4n) is 3.14. The lowest BCUT2D eigenvalue weighted by Crippen LogP contribution is -2.17. The molecular formula is C22H26BrN5O2. The third-order valence-electron chi connectivity index (χ3n) is 4.85. The van der Waals surface area contributed by atoms with E-state index in [1.54, 1.807) is 25.5 Å². The molecule has 30 heavy (non-hydrogen) atoms. The van der Waals surface area contributed by atoms with Gasteiger partial charge in [-0.25, -0.2) is 4.98 Å². The van der Waals surface area contributed by atoms with Gasteiger partial charge in [-0.15, -0.1) is 0 Å². The lowest BCUT2D eigenvalue weighted by molar-refractivity contribution is 0.199. The monoisotopic (exact) mass is 471 g/mol. The number of anilines is 1. The summed E-state index contributed by atoms with van der Waals surface area (Å²) in [5, 5.41) is 12.9. The number of H-pyrrole nitrogens is 1. The number of halogens is 1. The summed E-state index contributed by atoms with van der Waals surface area (Å²) < 4.78 is 0.996. The fraction of sp³-hybridized carbons (Fsp3) is 0.364. The first-order chi connectivity index (χ1) is 14.4. The molecule has 3 aromatic heterocycles. The van der Waals surface area contributed by atoms with Crippen LogP contribution in [0.3, 0.4) is 0 Å². The number of aliphatic hydroxyl groups is 1. The zero-order valence-electron chi connectivity index (χ0n) is 17.2. The standard InChI is InChI=1S/C22H26BrN5O2/c1-14-7-19(23)13-26-20(14)5-3-4-6-25-22-27-12-18(21(30)28-22)9-16-8-17(15(2)29)11-24-10-16/h7-8,10-13,15,29H,3-6,9H2,1-2H3,(H2,25,27,28,30). The first-order valence-electron chi connectivity index (χ1n) is 9.97. The van der Waals surface area contributed by atoms with Crippen molar-refractivity contribution < 1.29 is 5.11 Å². The van der Waals surface area contributed by atoms with E-state index in [1.165, 1.54) is 5.56 Å². The van der Waals surface area contributed by atoms with Crippen LogP contribution in [0.2, 0.25) is 0 Å². The predicted octanol–water partition coefficient (Wildman–Crippen LogP) is 3.71. The van der Waals surface area contributed by atoms with Gasteiger partial charge in [0.05, 0.1) is 6.10 Å². The minimum Gasteiger partial charge on any atom is -0.389 e. The summed E-state index contributed by atoms with van der Waals surface area (Å²) in [6.07, 6.45) is 9.41. The maximum Gasteiger partial charge on any atom is 0.255 e. The van der Waals surface area contributed by atoms with Gasteiger partial charge >= 0.3 is 0 Å². The molecule has 3 rings (SSSR count). The lowest BCUT2D eigenvalue weighted by Gasteiger charge is -2.08. The number of pyridine rings is 2. The van der Waals surface area contributed by atoms with Gasteiger partial charge in [0.1, 0.15) is 0 Å². The number of hydrogen-bond acceptors (Lipinski definition) is 6. The summed E-state index contributed by atoms with van der Waals surface area (Å²) in [4.78, 5) is 28.1. The Kier molecular flexibility index (Phi) is 7.70. The summed E-state index contributed by atoms with van der Waals surface area (Å²) in [6, 6.07) is 3.93. The molecule has 0 spiro atoms. The Balaban J connectivity index is 1.49. The second-order valence-electron chi connectivity index (χ2n) is 7.37. The van der Waals surface area contributed by atoms with Crippen LogP contribution in [0.1, 0.15) is 53.8 Å². The minimum atomic E-state index is -0.594. The largest absolute Gasteiger partial charge is 0.389 e. The number of nitrogens with one attached hydrogen (secondary N) is 2. The Bertz CT molecular complexity index is 1050. The normalized spacial score (nSPS) is 12.0. The van der Waals surface area contributed by atoms with E-state index in [4.69, 9.17) is 0 Å². The average Bonchev–Trinajstić information content (AvgIpc) is 2.71. The first kappa shape index (κ1) is 22.1. The third-order valence-corrected chi connectivity index (χ3v) is 5.29. The molecule has 0 aromatic carbocycles. The van der Waals surface area contributed by atoms with E-state index in [2.05, 4.69) is 54.2 Å². The van der Waals surface area contributed by atoms with Crippen molar-refractivity contribution in [3.63, 3.8) is 0 Å². The van der Waals surface area contributed by atoms with Crippen molar-refractivity contribution in [1.29, 1.82) is 0 Å². The van der Waals surface area contributed by atoms with Gasteiger partial charge in [-0.1, -0.05) is 0 Å². The van der Waals surface area contributed by atoms with Gasteiger partial charge in [0, 0.05) is 53.5 Å². The highest BCUT2D eigenvalue weighted by Crippen LogP contribution is 2.15. The molecule has 0 saturated heterocycles. The number of nitrogens with zero attached hydrogens (tertiary/aromatic N) is 3. The van der Waals surface area contributed by atoms with Crippen molar-refractivity contribution in [3.05, 3.63) is 79.7 Å². The van der Waals surface area contributed by atoms with E-state index in [9.17, 15) is 9.90 Å². The summed E-state index contributed by atoms with van der Waals surface area (Å²) in [7, 11) is 0. The van der Waals surface area contributed by atoms with Crippen molar-refractivity contribution in [1.82, 2.24) is 19.9 Å². The molecule has 0 radical (unpaired) electrons. The highest BCUT2D eigenvalue weighted by molar-refractivity contribution is 9.10. The molecular weight excluding hydrogens is 446 g/mol. The molecule has 0 fully saturated rings. The van der Waals surface area contributed by atoms with Crippen LogP contribution in [-0.4, -0.2) is 31.6 Å². The quantitative estimate of drug-likeness (QED) is 0.411. The molecule has 3 aromatic rings. The van der Waals surface area contributed by atoms with Gasteiger partial charge < -0.3 is 10.4 Å². The Morgan fingerprint density at radius 1 is 1.17 bits per heavy atom. The predicted molar refractivity (Wildman–Crippen MR) is 121 cm³/mol. The number of aromatic nitrogens is 4. The van der Waals surface area contributed by atoms with E-state index < -0.39 is 6.10 Å². The lowest BCUT2D eigenvalue weighted by atomic mass is 10.1. The van der Waals surface area contributed by atoms with Crippen LogP contribution in [-0.2, 0) is 12.8 Å². The summed E-state index contributed by atoms with van der Waals surface area (Å²) in [5.74, 6) is 0.470. The Hall–Kier alpha value is -2.58. The van der Waals surface area contributed by atoms with Crippen LogP contribution < -0.4 is 10.9 Å². The number of rotatable bonds is 9. The molecule has 3 heterocycles. The zero-order chi connectivity index (χ0) is 21.5. The molecule has 0 aliphatic heterocycles. The highest BCUT2D eigenvalue weighted by Gasteiger charge is 2.07. The van der Waals surface area contributed by atoms with E-state index in [-0.39, 0.29) is 5.56 Å². The van der Waals surface area contributed by atoms with E-state index in [1.807, 2.05) is 12.3 Å². The van der Waals surface area contributed by atoms with Gasteiger partial charge in [0.25, 0.3) is 5.56 Å². The fourth-order valence-corrected chi connectivity index (χ4v) is 3.59. The first-order valence-corrected chi connectivity index (χ1v) is 10.8. The van der Waals surface area contributed by atoms with Gasteiger partial charge in [0.2, 0.25) is 5.95 Å². The molecule has 1 atom stereocenters. The SMILES string of the molecule is Cc1cc(Br)cnc1CCCCNc1ncc(Cc2cncc(C(C)O)c2)c(=O)[nH]1. The van der Waals surface area contributed by atoms with E-state index in [0.717, 1.165) is 47.1 Å². The van der Waals surface area contributed by atoms with Crippen molar-refractivity contribution >= 4 is 21.9 Å². The maximum atomic E-state index is 12.4. The average molecular weight is 472 g/mol. The van der Waals surface area contributed by atoms with Crippen LogP contribution in [0.4, 0.5) is 5.95 Å². The Morgan fingerprint density at radius 2 is 2.00 bits per heavy atom. The molecule has 0 aliphatic carbocycles. The third kappa shape index (κ3) is 6.21. The van der Waals surface area contributed by atoms with Crippen molar-refractivity contribution in [3.8, 4) is 0 Å². The zero-order valence-corrected chi connectivity index (χ0v) is 18.7.